The molecule has 0 bridgehead atoms. The molecule has 2 rings (SSSR count). The van der Waals surface area contributed by atoms with Crippen molar-refractivity contribution >= 4 is 21.9 Å². The molecule has 0 spiro atoms. The van der Waals surface area contributed by atoms with Crippen molar-refractivity contribution in [2.45, 2.75) is 17.7 Å². The third-order valence-corrected chi connectivity index (χ3v) is 4.77. The van der Waals surface area contributed by atoms with Crippen molar-refractivity contribution in [3.8, 4) is 5.75 Å². The molecule has 1 saturated heterocycles. The van der Waals surface area contributed by atoms with Crippen LogP contribution in [0.2, 0.25) is 0 Å². The normalized spacial score (nSPS) is 16.2. The number of amides is 1. The Morgan fingerprint density at radius 3 is 2.39 bits per heavy atom. The number of nitrogens with two attached hydrogens (primary N) is 1. The number of aliphatic carboxylic acids is 1. The first kappa shape index (κ1) is 17.2. The highest BCUT2D eigenvalue weighted by Gasteiger charge is 2.29. The van der Waals surface area contributed by atoms with E-state index in [4.69, 9.17) is 15.0 Å². The molecule has 0 unspecified atom stereocenters. The van der Waals surface area contributed by atoms with Crippen LogP contribution in [0.15, 0.2) is 23.1 Å². The van der Waals surface area contributed by atoms with Crippen LogP contribution in [0.3, 0.4) is 0 Å². The number of rotatable bonds is 4. The number of hydrogen-bond acceptors (Lipinski definition) is 5. The molecule has 8 nitrogen and oxygen atoms in total. The Morgan fingerprint density at radius 1 is 1.30 bits per heavy atom. The lowest BCUT2D eigenvalue weighted by molar-refractivity contribution is -0.143. The lowest BCUT2D eigenvalue weighted by atomic mass is 9.96. The minimum absolute atomic E-state index is 0.0906. The average Bonchev–Trinajstić information content (AvgIpc) is 2.52. The smallest absolute Gasteiger partial charge is 0.306 e. The van der Waals surface area contributed by atoms with Crippen LogP contribution in [0.5, 0.6) is 5.75 Å². The zero-order valence-electron chi connectivity index (χ0n) is 12.6. The summed E-state index contributed by atoms with van der Waals surface area (Å²) in [6.45, 7) is 0.580. The second kappa shape index (κ2) is 6.55. The maximum Gasteiger partial charge on any atom is 0.306 e. The zero-order valence-corrected chi connectivity index (χ0v) is 13.4. The number of likely N-dealkylation sites (tertiary alicyclic amines) is 1. The zero-order chi connectivity index (χ0) is 17.2. The van der Waals surface area contributed by atoms with Crippen LogP contribution in [0.25, 0.3) is 0 Å². The van der Waals surface area contributed by atoms with Gasteiger partial charge in [0.1, 0.15) is 5.75 Å². The van der Waals surface area contributed by atoms with Gasteiger partial charge in [0.2, 0.25) is 10.0 Å². The lowest BCUT2D eigenvalue weighted by Crippen LogP contribution is -2.40. The molecule has 0 atom stereocenters. The summed E-state index contributed by atoms with van der Waals surface area (Å²) < 4.78 is 28.0. The van der Waals surface area contributed by atoms with Crippen molar-refractivity contribution in [3.63, 3.8) is 0 Å². The van der Waals surface area contributed by atoms with E-state index in [0.29, 0.717) is 25.9 Å². The fourth-order valence-electron chi connectivity index (χ4n) is 2.53. The average molecular weight is 342 g/mol. The number of carboxylic acids is 1. The number of carbonyl (C=O) groups excluding carboxylic acids is 1. The van der Waals surface area contributed by atoms with E-state index in [1.807, 2.05) is 0 Å². The SMILES string of the molecule is COc1ccc(S(N)(=O)=O)cc1C(=O)N1CCC(C(=O)O)CC1. The van der Waals surface area contributed by atoms with E-state index in [-0.39, 0.29) is 16.2 Å². The van der Waals surface area contributed by atoms with E-state index in [1.54, 1.807) is 0 Å². The molecule has 1 aromatic carbocycles. The van der Waals surface area contributed by atoms with E-state index >= 15 is 0 Å². The fraction of sp³-hybridized carbons (Fsp3) is 0.429. The second-order valence-corrected chi connectivity index (χ2v) is 6.87. The highest BCUT2D eigenvalue weighted by molar-refractivity contribution is 7.89. The van der Waals surface area contributed by atoms with Gasteiger partial charge < -0.3 is 14.7 Å². The number of sulfonamides is 1. The summed E-state index contributed by atoms with van der Waals surface area (Å²) in [5.74, 6) is -1.50. The summed E-state index contributed by atoms with van der Waals surface area (Å²) >= 11 is 0. The van der Waals surface area contributed by atoms with Crippen molar-refractivity contribution in [3.05, 3.63) is 23.8 Å². The van der Waals surface area contributed by atoms with Crippen LogP contribution >= 0.6 is 0 Å². The maximum absolute atomic E-state index is 12.6. The van der Waals surface area contributed by atoms with Gasteiger partial charge in [0, 0.05) is 13.1 Å². The molecule has 0 saturated carbocycles. The monoisotopic (exact) mass is 342 g/mol. The van der Waals surface area contributed by atoms with Crippen LogP contribution in [0, 0.1) is 5.92 Å². The van der Waals surface area contributed by atoms with Gasteiger partial charge in [-0.25, -0.2) is 13.6 Å². The van der Waals surface area contributed by atoms with E-state index < -0.39 is 27.8 Å². The molecule has 1 aliphatic rings. The Morgan fingerprint density at radius 2 is 1.91 bits per heavy atom. The second-order valence-electron chi connectivity index (χ2n) is 5.31. The van der Waals surface area contributed by atoms with Crippen molar-refractivity contribution in [2.75, 3.05) is 20.2 Å². The molecule has 126 valence electrons. The first-order valence-electron chi connectivity index (χ1n) is 6.97. The summed E-state index contributed by atoms with van der Waals surface area (Å²) in [6.07, 6.45) is 0.719. The first-order valence-corrected chi connectivity index (χ1v) is 8.51. The number of carboxylic acid groups (broad SMARTS) is 1. The minimum atomic E-state index is -3.94. The third-order valence-electron chi connectivity index (χ3n) is 3.86. The maximum atomic E-state index is 12.6. The molecule has 9 heteroatoms. The van der Waals surface area contributed by atoms with Gasteiger partial charge >= 0.3 is 5.97 Å². The molecule has 3 N–H and O–H groups in total. The third kappa shape index (κ3) is 3.80. The molecule has 0 radical (unpaired) electrons. The van der Waals surface area contributed by atoms with E-state index in [1.165, 1.54) is 30.2 Å². The van der Waals surface area contributed by atoms with Gasteiger partial charge in [-0.05, 0) is 31.0 Å². The van der Waals surface area contributed by atoms with Crippen molar-refractivity contribution in [2.24, 2.45) is 11.1 Å². The van der Waals surface area contributed by atoms with Gasteiger partial charge in [-0.3, -0.25) is 9.59 Å². The van der Waals surface area contributed by atoms with Crippen LogP contribution < -0.4 is 9.88 Å². The Hall–Kier alpha value is -2.13. The predicted octanol–water partition coefficient (Wildman–Crippen LogP) is 0.279. The topological polar surface area (TPSA) is 127 Å². The first-order chi connectivity index (χ1) is 10.7. The Kier molecular flexibility index (Phi) is 4.90. The molecule has 1 aromatic rings. The number of hydrogen-bond donors (Lipinski definition) is 2. The molecule has 0 aromatic heterocycles. The van der Waals surface area contributed by atoms with Gasteiger partial charge in [-0.1, -0.05) is 0 Å². The van der Waals surface area contributed by atoms with E-state index in [0.717, 1.165) is 0 Å². The number of piperidine rings is 1. The summed E-state index contributed by atoms with van der Waals surface area (Å²) in [5, 5.41) is 14.1. The highest BCUT2D eigenvalue weighted by atomic mass is 32.2. The largest absolute Gasteiger partial charge is 0.496 e. The van der Waals surface area contributed by atoms with Gasteiger partial charge in [-0.2, -0.15) is 0 Å². The van der Waals surface area contributed by atoms with Gasteiger partial charge in [0.05, 0.1) is 23.5 Å². The standard InChI is InChI=1S/C14H18N2O6S/c1-22-12-3-2-10(23(15,20)21)8-11(12)13(17)16-6-4-9(5-7-16)14(18)19/h2-3,8-9H,4-7H2,1H3,(H,18,19)(H2,15,20,21). The molecular formula is C14H18N2O6S. The molecule has 1 fully saturated rings. The van der Waals surface area contributed by atoms with Crippen molar-refractivity contribution in [1.29, 1.82) is 0 Å². The van der Waals surface area contributed by atoms with Crippen LogP contribution in [0.4, 0.5) is 0 Å². The highest BCUT2D eigenvalue weighted by Crippen LogP contribution is 2.26. The Bertz CT molecular complexity index is 723. The summed E-state index contributed by atoms with van der Waals surface area (Å²) in [7, 11) is -2.56. The number of carbonyl (C=O) groups is 2. The number of primary sulfonamides is 1. The van der Waals surface area contributed by atoms with Crippen molar-refractivity contribution in [1.82, 2.24) is 4.90 Å². The molecule has 1 heterocycles. The van der Waals surface area contributed by atoms with Gasteiger partial charge in [0.25, 0.3) is 5.91 Å². The Labute approximate surface area is 133 Å². The van der Waals surface area contributed by atoms with Crippen molar-refractivity contribution < 1.29 is 27.9 Å². The molecule has 23 heavy (non-hydrogen) atoms. The van der Waals surface area contributed by atoms with Crippen LogP contribution in [-0.4, -0.2) is 50.5 Å². The quantitative estimate of drug-likeness (QED) is 0.809. The number of benzene rings is 1. The lowest BCUT2D eigenvalue weighted by Gasteiger charge is -2.30. The van der Waals surface area contributed by atoms with Gasteiger partial charge in [-0.15, -0.1) is 0 Å². The number of methoxy groups -OCH3 is 1. The molecule has 0 aliphatic carbocycles. The summed E-state index contributed by atoms with van der Waals surface area (Å²) in [4.78, 5) is 24.9. The fourth-order valence-corrected chi connectivity index (χ4v) is 3.07. The number of nitrogens with zero attached hydrogens (tertiary/aromatic N) is 1. The Balaban J connectivity index is 2.27. The minimum Gasteiger partial charge on any atom is -0.496 e. The van der Waals surface area contributed by atoms with E-state index in [2.05, 4.69) is 0 Å². The summed E-state index contributed by atoms with van der Waals surface area (Å²) in [5.41, 5.74) is 0.0906. The van der Waals surface area contributed by atoms with E-state index in [9.17, 15) is 18.0 Å². The molecule has 1 amide bonds. The van der Waals surface area contributed by atoms with Gasteiger partial charge in [0.15, 0.2) is 0 Å². The predicted molar refractivity (Wildman–Crippen MR) is 80.6 cm³/mol. The molecular weight excluding hydrogens is 324 g/mol. The van der Waals surface area contributed by atoms with Crippen LogP contribution in [-0.2, 0) is 14.8 Å². The summed E-state index contributed by atoms with van der Waals surface area (Å²) in [6, 6.07) is 3.82. The molecule has 1 aliphatic heterocycles. The van der Waals surface area contributed by atoms with Crippen LogP contribution in [0.1, 0.15) is 23.2 Å². The number of ether oxygens (including phenoxy) is 1.